The van der Waals surface area contributed by atoms with Gasteiger partial charge in [-0.25, -0.2) is 9.48 Å². The maximum Gasteiger partial charge on any atom is 0.451 e. The fourth-order valence-electron chi connectivity index (χ4n) is 2.87. The van der Waals surface area contributed by atoms with Crippen LogP contribution in [-0.4, -0.2) is 38.2 Å². The molecule has 1 aromatic rings. The van der Waals surface area contributed by atoms with Gasteiger partial charge in [-0.2, -0.15) is 13.2 Å². The molecule has 1 aliphatic heterocycles. The molecule has 1 amide bonds. The summed E-state index contributed by atoms with van der Waals surface area (Å²) >= 11 is 0. The Morgan fingerprint density at radius 2 is 1.75 bits per heavy atom. The molecule has 136 valence electrons. The molecule has 2 heterocycles. The Morgan fingerprint density at radius 1 is 1.21 bits per heavy atom. The van der Waals surface area contributed by atoms with E-state index in [0.29, 0.717) is 36.9 Å². The first-order chi connectivity index (χ1) is 10.9. The van der Waals surface area contributed by atoms with Gasteiger partial charge in [-0.05, 0) is 18.3 Å². The maximum atomic E-state index is 12.8. The molecule has 1 saturated heterocycles. The molecule has 0 unspecified atom stereocenters. The highest BCUT2D eigenvalue weighted by Gasteiger charge is 2.39. The second-order valence-corrected chi connectivity index (χ2v) is 7.46. The van der Waals surface area contributed by atoms with Crippen molar-refractivity contribution in [3.8, 4) is 0 Å². The average Bonchev–Trinajstić information content (AvgIpc) is 2.73. The molecule has 0 saturated carbocycles. The second-order valence-electron chi connectivity index (χ2n) is 7.46. The smallest absolute Gasteiger partial charge is 0.343 e. The number of amides is 1. The van der Waals surface area contributed by atoms with E-state index in [2.05, 4.69) is 5.10 Å². The lowest BCUT2D eigenvalue weighted by molar-refractivity contribution is -0.147. The predicted octanol–water partition coefficient (Wildman–Crippen LogP) is 2.20. The largest absolute Gasteiger partial charge is 0.451 e. The summed E-state index contributed by atoms with van der Waals surface area (Å²) in [5, 5.41) is 3.47. The Hall–Kier alpha value is -1.80. The summed E-state index contributed by atoms with van der Waals surface area (Å²) in [7, 11) is 1.07. The molecule has 24 heavy (non-hydrogen) atoms. The molecular formula is C15H23F3N4O2. The molecule has 9 heteroatoms. The first-order valence-corrected chi connectivity index (χ1v) is 7.90. The van der Waals surface area contributed by atoms with Gasteiger partial charge in [0, 0.05) is 26.6 Å². The SMILES string of the molecule is Cn1c(C(F)(F)F)nn(C2CCN(C(=O)CC(C)(C)C)CC2)c1=O. The molecule has 0 spiro atoms. The number of carbonyl (C=O) groups is 1. The zero-order valence-corrected chi connectivity index (χ0v) is 14.4. The molecule has 1 aliphatic rings. The number of rotatable bonds is 2. The van der Waals surface area contributed by atoms with E-state index < -0.39 is 23.7 Å². The molecule has 0 aliphatic carbocycles. The number of hydrogen-bond acceptors (Lipinski definition) is 3. The van der Waals surface area contributed by atoms with Crippen molar-refractivity contribution in [2.75, 3.05) is 13.1 Å². The van der Waals surface area contributed by atoms with Crippen molar-refractivity contribution >= 4 is 5.91 Å². The third kappa shape index (κ3) is 3.99. The van der Waals surface area contributed by atoms with Crippen LogP contribution < -0.4 is 5.69 Å². The van der Waals surface area contributed by atoms with E-state index in [1.54, 1.807) is 4.90 Å². The van der Waals surface area contributed by atoms with Gasteiger partial charge in [-0.1, -0.05) is 20.8 Å². The van der Waals surface area contributed by atoms with E-state index >= 15 is 0 Å². The topological polar surface area (TPSA) is 60.1 Å². The van der Waals surface area contributed by atoms with Crippen LogP contribution in [0.5, 0.6) is 0 Å². The molecule has 1 fully saturated rings. The molecule has 0 bridgehead atoms. The van der Waals surface area contributed by atoms with Crippen LogP contribution in [0.1, 0.15) is 51.9 Å². The van der Waals surface area contributed by atoms with E-state index in [0.717, 1.165) is 11.7 Å². The van der Waals surface area contributed by atoms with Crippen LogP contribution in [-0.2, 0) is 18.0 Å². The monoisotopic (exact) mass is 348 g/mol. The number of aromatic nitrogens is 3. The van der Waals surface area contributed by atoms with Gasteiger partial charge in [0.2, 0.25) is 11.7 Å². The minimum Gasteiger partial charge on any atom is -0.343 e. The molecule has 0 aromatic carbocycles. The Labute approximate surface area is 138 Å². The van der Waals surface area contributed by atoms with Gasteiger partial charge >= 0.3 is 11.9 Å². The second kappa shape index (κ2) is 6.25. The van der Waals surface area contributed by atoms with Gasteiger partial charge in [0.25, 0.3) is 0 Å². The summed E-state index contributed by atoms with van der Waals surface area (Å²) in [6.07, 6.45) is -3.41. The van der Waals surface area contributed by atoms with Crippen LogP contribution in [0.3, 0.4) is 0 Å². The van der Waals surface area contributed by atoms with Gasteiger partial charge < -0.3 is 4.90 Å². The first-order valence-electron chi connectivity index (χ1n) is 7.90. The summed E-state index contributed by atoms with van der Waals surface area (Å²) in [6, 6.07) is -0.418. The third-order valence-electron chi connectivity index (χ3n) is 4.10. The maximum absolute atomic E-state index is 12.8. The van der Waals surface area contributed by atoms with E-state index in [-0.39, 0.29) is 11.3 Å². The van der Waals surface area contributed by atoms with Crippen molar-refractivity contribution in [2.45, 2.75) is 52.3 Å². The summed E-state index contributed by atoms with van der Waals surface area (Å²) in [4.78, 5) is 25.9. The standard InChI is InChI=1S/C15H23F3N4O2/c1-14(2,3)9-11(23)21-7-5-10(6-8-21)22-13(24)20(4)12(19-22)15(16,17)18/h10H,5-9H2,1-4H3. The average molecular weight is 348 g/mol. The lowest BCUT2D eigenvalue weighted by atomic mass is 9.91. The minimum atomic E-state index is -4.66. The van der Waals surface area contributed by atoms with Crippen LogP contribution in [0.25, 0.3) is 0 Å². The molecule has 0 atom stereocenters. The van der Waals surface area contributed by atoms with Gasteiger partial charge in [-0.15, -0.1) is 5.10 Å². The fraction of sp³-hybridized carbons (Fsp3) is 0.800. The highest BCUT2D eigenvalue weighted by atomic mass is 19.4. The fourth-order valence-corrected chi connectivity index (χ4v) is 2.87. The van der Waals surface area contributed by atoms with Crippen LogP contribution >= 0.6 is 0 Å². The van der Waals surface area contributed by atoms with Crippen molar-refractivity contribution in [3.05, 3.63) is 16.3 Å². The summed E-state index contributed by atoms with van der Waals surface area (Å²) in [6.45, 7) is 6.77. The molecule has 0 N–H and O–H groups in total. The number of nitrogens with zero attached hydrogens (tertiary/aromatic N) is 4. The van der Waals surface area contributed by atoms with Crippen LogP contribution in [0.15, 0.2) is 4.79 Å². The molecule has 6 nitrogen and oxygen atoms in total. The van der Waals surface area contributed by atoms with Crippen LogP contribution in [0.2, 0.25) is 0 Å². The van der Waals surface area contributed by atoms with E-state index in [1.165, 1.54) is 0 Å². The third-order valence-corrected chi connectivity index (χ3v) is 4.10. The van der Waals surface area contributed by atoms with Crippen molar-refractivity contribution < 1.29 is 18.0 Å². The number of halogens is 3. The van der Waals surface area contributed by atoms with Crippen molar-refractivity contribution in [3.63, 3.8) is 0 Å². The lowest BCUT2D eigenvalue weighted by Gasteiger charge is -2.33. The van der Waals surface area contributed by atoms with E-state index in [1.807, 2.05) is 20.8 Å². The number of carbonyl (C=O) groups excluding carboxylic acids is 1. The number of alkyl halides is 3. The lowest BCUT2D eigenvalue weighted by Crippen LogP contribution is -2.42. The Bertz CT molecular complexity index is 662. The van der Waals surface area contributed by atoms with E-state index in [9.17, 15) is 22.8 Å². The summed E-state index contributed by atoms with van der Waals surface area (Å²) in [5.74, 6) is -1.16. The minimum absolute atomic E-state index is 0.0327. The number of hydrogen-bond donors (Lipinski definition) is 0. The van der Waals surface area contributed by atoms with Gasteiger partial charge in [-0.3, -0.25) is 9.36 Å². The normalized spacial score (nSPS) is 17.4. The molecule has 0 radical (unpaired) electrons. The highest BCUT2D eigenvalue weighted by molar-refractivity contribution is 5.76. The number of likely N-dealkylation sites (tertiary alicyclic amines) is 1. The number of piperidine rings is 1. The van der Waals surface area contributed by atoms with E-state index in [4.69, 9.17) is 0 Å². The summed E-state index contributed by atoms with van der Waals surface area (Å²) < 4.78 is 40.0. The Balaban J connectivity index is 2.08. The summed E-state index contributed by atoms with van der Waals surface area (Å²) in [5.41, 5.74) is -0.894. The molecular weight excluding hydrogens is 325 g/mol. The Morgan fingerprint density at radius 3 is 2.17 bits per heavy atom. The van der Waals surface area contributed by atoms with Gasteiger partial charge in [0.05, 0.1) is 6.04 Å². The quantitative estimate of drug-likeness (QED) is 0.823. The van der Waals surface area contributed by atoms with Crippen LogP contribution in [0.4, 0.5) is 13.2 Å². The van der Waals surface area contributed by atoms with Gasteiger partial charge in [0.1, 0.15) is 0 Å². The highest BCUT2D eigenvalue weighted by Crippen LogP contribution is 2.28. The predicted molar refractivity (Wildman–Crippen MR) is 81.4 cm³/mol. The van der Waals surface area contributed by atoms with Crippen molar-refractivity contribution in [2.24, 2.45) is 12.5 Å². The molecule has 2 rings (SSSR count). The molecule has 1 aromatic heterocycles. The van der Waals surface area contributed by atoms with Crippen molar-refractivity contribution in [1.29, 1.82) is 0 Å². The van der Waals surface area contributed by atoms with Crippen LogP contribution in [0, 0.1) is 5.41 Å². The Kier molecular flexibility index (Phi) is 4.83. The zero-order chi connectivity index (χ0) is 18.3. The zero-order valence-electron chi connectivity index (χ0n) is 14.4. The van der Waals surface area contributed by atoms with Gasteiger partial charge in [0.15, 0.2) is 0 Å². The first kappa shape index (κ1) is 18.5. The van der Waals surface area contributed by atoms with Crippen molar-refractivity contribution in [1.82, 2.24) is 19.2 Å².